The van der Waals surface area contributed by atoms with Crippen LogP contribution in [0.3, 0.4) is 0 Å². The van der Waals surface area contributed by atoms with Gasteiger partial charge in [0.25, 0.3) is 5.69 Å². The molecule has 0 unspecified atom stereocenters. The highest BCUT2D eigenvalue weighted by Gasteiger charge is 2.13. The lowest BCUT2D eigenvalue weighted by Gasteiger charge is -2.06. The Hall–Kier alpha value is -1.53. The van der Waals surface area contributed by atoms with Crippen molar-refractivity contribution in [2.45, 2.75) is 6.42 Å². The molecule has 0 atom stereocenters. The van der Waals surface area contributed by atoms with Crippen LogP contribution in [-0.4, -0.2) is 23.1 Å². The number of halogens is 1. The SMILES string of the molecule is Cl.NCCCNc1ccc(O)cc1[N+](=O)[O-]. The van der Waals surface area contributed by atoms with Crippen molar-refractivity contribution in [3.8, 4) is 5.75 Å². The summed E-state index contributed by atoms with van der Waals surface area (Å²) in [4.78, 5) is 10.1. The molecular formula is C9H14ClN3O3. The average Bonchev–Trinajstić information content (AvgIpc) is 2.20. The molecule has 0 saturated heterocycles. The van der Waals surface area contributed by atoms with Gasteiger partial charge < -0.3 is 16.2 Å². The molecule has 0 saturated carbocycles. The number of nitrogens with zero attached hydrogens (tertiary/aromatic N) is 1. The fourth-order valence-corrected chi connectivity index (χ4v) is 1.15. The number of nitrogens with two attached hydrogens (primary N) is 1. The highest BCUT2D eigenvalue weighted by atomic mass is 35.5. The third kappa shape index (κ3) is 3.92. The maximum atomic E-state index is 10.6. The molecule has 0 aliphatic heterocycles. The van der Waals surface area contributed by atoms with E-state index in [1.807, 2.05) is 0 Å². The second kappa shape index (κ2) is 6.86. The first-order valence-electron chi connectivity index (χ1n) is 4.56. The number of rotatable bonds is 5. The van der Waals surface area contributed by atoms with E-state index in [1.165, 1.54) is 12.1 Å². The minimum absolute atomic E-state index is 0. The molecule has 0 spiro atoms. The van der Waals surface area contributed by atoms with Gasteiger partial charge in [0.05, 0.1) is 11.0 Å². The lowest BCUT2D eigenvalue weighted by molar-refractivity contribution is -0.384. The number of nitro benzene ring substituents is 1. The number of nitrogens with one attached hydrogen (secondary N) is 1. The third-order valence-corrected chi connectivity index (χ3v) is 1.87. The van der Waals surface area contributed by atoms with Gasteiger partial charge in [-0.1, -0.05) is 0 Å². The van der Waals surface area contributed by atoms with E-state index >= 15 is 0 Å². The van der Waals surface area contributed by atoms with Gasteiger partial charge in [0, 0.05) is 6.54 Å². The van der Waals surface area contributed by atoms with Crippen LogP contribution >= 0.6 is 12.4 Å². The first kappa shape index (κ1) is 14.5. The molecule has 0 fully saturated rings. The van der Waals surface area contributed by atoms with Gasteiger partial charge in [-0.05, 0) is 25.1 Å². The second-order valence-corrected chi connectivity index (χ2v) is 3.03. The fourth-order valence-electron chi connectivity index (χ4n) is 1.15. The monoisotopic (exact) mass is 247 g/mol. The maximum Gasteiger partial charge on any atom is 0.296 e. The van der Waals surface area contributed by atoms with Crippen LogP contribution in [-0.2, 0) is 0 Å². The Kier molecular flexibility index (Phi) is 6.21. The van der Waals surface area contributed by atoms with Gasteiger partial charge in [-0.25, -0.2) is 0 Å². The normalized spacial score (nSPS) is 9.31. The van der Waals surface area contributed by atoms with Crippen molar-refractivity contribution in [1.29, 1.82) is 0 Å². The van der Waals surface area contributed by atoms with Crippen molar-refractivity contribution in [3.05, 3.63) is 28.3 Å². The molecule has 1 rings (SSSR count). The summed E-state index contributed by atoms with van der Waals surface area (Å²) in [5, 5.41) is 22.6. The van der Waals surface area contributed by atoms with E-state index in [0.717, 1.165) is 12.5 Å². The summed E-state index contributed by atoms with van der Waals surface area (Å²) in [7, 11) is 0. The van der Waals surface area contributed by atoms with E-state index in [4.69, 9.17) is 10.8 Å². The van der Waals surface area contributed by atoms with E-state index < -0.39 is 4.92 Å². The zero-order valence-electron chi connectivity index (χ0n) is 8.55. The molecule has 0 aliphatic carbocycles. The van der Waals surface area contributed by atoms with Crippen molar-refractivity contribution in [2.24, 2.45) is 5.73 Å². The Labute approximate surface area is 99.0 Å². The van der Waals surface area contributed by atoms with Crippen LogP contribution in [0.25, 0.3) is 0 Å². The van der Waals surface area contributed by atoms with E-state index in [9.17, 15) is 10.1 Å². The molecule has 1 aromatic rings. The number of benzene rings is 1. The fraction of sp³-hybridized carbons (Fsp3) is 0.333. The summed E-state index contributed by atoms with van der Waals surface area (Å²) in [6.07, 6.45) is 0.734. The van der Waals surface area contributed by atoms with Gasteiger partial charge >= 0.3 is 0 Å². The number of nitro groups is 1. The van der Waals surface area contributed by atoms with Crippen molar-refractivity contribution in [1.82, 2.24) is 0 Å². The number of phenolic OH excluding ortho intramolecular Hbond substituents is 1. The van der Waals surface area contributed by atoms with Crippen LogP contribution in [0.5, 0.6) is 5.75 Å². The van der Waals surface area contributed by atoms with Crippen LogP contribution in [0, 0.1) is 10.1 Å². The highest BCUT2D eigenvalue weighted by Crippen LogP contribution is 2.28. The first-order chi connectivity index (χ1) is 7.15. The lowest BCUT2D eigenvalue weighted by Crippen LogP contribution is -2.09. The number of anilines is 1. The van der Waals surface area contributed by atoms with Crippen molar-refractivity contribution >= 4 is 23.8 Å². The Morgan fingerprint density at radius 3 is 2.75 bits per heavy atom. The molecule has 4 N–H and O–H groups in total. The number of hydrogen-bond acceptors (Lipinski definition) is 5. The Morgan fingerprint density at radius 2 is 2.19 bits per heavy atom. The van der Waals surface area contributed by atoms with Crippen molar-refractivity contribution in [2.75, 3.05) is 18.4 Å². The molecule has 90 valence electrons. The topological polar surface area (TPSA) is 101 Å². The largest absolute Gasteiger partial charge is 0.508 e. The summed E-state index contributed by atoms with van der Waals surface area (Å²) in [5.74, 6) is -0.119. The number of phenols is 1. The summed E-state index contributed by atoms with van der Waals surface area (Å²) < 4.78 is 0. The van der Waals surface area contributed by atoms with Gasteiger partial charge in [-0.15, -0.1) is 12.4 Å². The van der Waals surface area contributed by atoms with Gasteiger partial charge in [0.2, 0.25) is 0 Å². The van der Waals surface area contributed by atoms with Gasteiger partial charge in [-0.2, -0.15) is 0 Å². The Morgan fingerprint density at radius 1 is 1.50 bits per heavy atom. The quantitative estimate of drug-likeness (QED) is 0.317. The van der Waals surface area contributed by atoms with Crippen molar-refractivity contribution < 1.29 is 10.0 Å². The molecule has 0 radical (unpaired) electrons. The predicted octanol–water partition coefficient (Wildman–Crippen LogP) is 1.48. The molecular weight excluding hydrogens is 234 g/mol. The number of aromatic hydroxyl groups is 1. The summed E-state index contributed by atoms with van der Waals surface area (Å²) >= 11 is 0. The van der Waals surface area contributed by atoms with Crippen molar-refractivity contribution in [3.63, 3.8) is 0 Å². The highest BCUT2D eigenvalue weighted by molar-refractivity contribution is 5.85. The van der Waals surface area contributed by atoms with Gasteiger partial charge in [-0.3, -0.25) is 10.1 Å². The smallest absolute Gasteiger partial charge is 0.296 e. The molecule has 0 amide bonds. The molecule has 7 heteroatoms. The summed E-state index contributed by atoms with van der Waals surface area (Å²) in [6, 6.07) is 3.99. The third-order valence-electron chi connectivity index (χ3n) is 1.87. The Balaban J connectivity index is 0.00000225. The molecule has 0 aromatic heterocycles. The van der Waals surface area contributed by atoms with Crippen LogP contribution in [0.4, 0.5) is 11.4 Å². The lowest BCUT2D eigenvalue weighted by atomic mass is 10.2. The van der Waals surface area contributed by atoms with Crippen LogP contribution in [0.2, 0.25) is 0 Å². The average molecular weight is 248 g/mol. The van der Waals surface area contributed by atoms with E-state index in [0.29, 0.717) is 18.8 Å². The van der Waals surface area contributed by atoms with Crippen LogP contribution in [0.1, 0.15) is 6.42 Å². The summed E-state index contributed by atoms with van der Waals surface area (Å²) in [6.45, 7) is 1.10. The molecule has 16 heavy (non-hydrogen) atoms. The zero-order chi connectivity index (χ0) is 11.3. The van der Waals surface area contributed by atoms with Gasteiger partial charge in [0.15, 0.2) is 0 Å². The minimum Gasteiger partial charge on any atom is -0.508 e. The molecule has 1 aromatic carbocycles. The molecule has 0 aliphatic rings. The van der Waals surface area contributed by atoms with Crippen LogP contribution < -0.4 is 11.1 Å². The summed E-state index contributed by atoms with van der Waals surface area (Å²) in [5.41, 5.74) is 5.56. The van der Waals surface area contributed by atoms with E-state index in [2.05, 4.69) is 5.32 Å². The van der Waals surface area contributed by atoms with Crippen LogP contribution in [0.15, 0.2) is 18.2 Å². The maximum absolute atomic E-state index is 10.6. The minimum atomic E-state index is -0.537. The Bertz CT molecular complexity index is 360. The zero-order valence-corrected chi connectivity index (χ0v) is 9.37. The standard InChI is InChI=1S/C9H13N3O3.ClH/c10-4-1-5-11-8-3-2-7(13)6-9(8)12(14)15;/h2-3,6,11,13H,1,4-5,10H2;1H. The van der Waals surface area contributed by atoms with E-state index in [-0.39, 0.29) is 23.8 Å². The van der Waals surface area contributed by atoms with Gasteiger partial charge in [0.1, 0.15) is 11.4 Å². The molecule has 0 bridgehead atoms. The number of hydrogen-bond donors (Lipinski definition) is 3. The predicted molar refractivity (Wildman–Crippen MR) is 64.2 cm³/mol. The molecule has 0 heterocycles. The second-order valence-electron chi connectivity index (χ2n) is 3.03. The molecule has 6 nitrogen and oxygen atoms in total. The van der Waals surface area contributed by atoms with E-state index in [1.54, 1.807) is 0 Å². The first-order valence-corrected chi connectivity index (χ1v) is 4.56.